The topological polar surface area (TPSA) is 209 Å². The standard InChI is InChI=1S/C51H83NO15Si2/c1-16-68(17-2,18-3)66-36-28-37-50(30-60-37,64-33(9)54)42-44-51(59)29-35(31(7)39(48(51,13)14)41(61-32(8)53)43(56)49(36,42)15)62-45(57)40(67-69(19-4,20-5)21-6)34(52-46(58)65-47(10,11)12)26-24-22-23-25-27-38(55)63-44/h22-23,34-37,40-42,44,59H,16-21,24-30H2,1-15H3,(H,52,58)/b23-22+/t34-,35-,36-,37+,40+,41+,42-,44-,49+,50-,51+/m0/s1. The molecule has 5 aliphatic rings. The summed E-state index contributed by atoms with van der Waals surface area (Å²) in [5.74, 6) is -4.91. The zero-order chi connectivity index (χ0) is 51.7. The number of carbonyl (C=O) groups is 6. The van der Waals surface area contributed by atoms with Gasteiger partial charge in [0.1, 0.15) is 29.5 Å². The predicted octanol–water partition coefficient (Wildman–Crippen LogP) is 8.33. The van der Waals surface area contributed by atoms with E-state index >= 15 is 9.59 Å². The Morgan fingerprint density at radius 2 is 1.43 bits per heavy atom. The first-order valence-electron chi connectivity index (χ1n) is 25.5. The minimum absolute atomic E-state index is 0.122. The number of aliphatic hydroxyl groups is 1. The molecule has 5 rings (SSSR count). The van der Waals surface area contributed by atoms with Crippen LogP contribution in [0.15, 0.2) is 23.3 Å². The number of ether oxygens (including phenoxy) is 6. The Kier molecular flexibility index (Phi) is 17.5. The van der Waals surface area contributed by atoms with Gasteiger partial charge in [-0.3, -0.25) is 19.2 Å². The summed E-state index contributed by atoms with van der Waals surface area (Å²) >= 11 is 0. The summed E-state index contributed by atoms with van der Waals surface area (Å²) < 4.78 is 52.2. The number of fused-ring (bicyclic) bond motifs is 6. The Labute approximate surface area is 412 Å². The van der Waals surface area contributed by atoms with E-state index in [0.717, 1.165) is 18.1 Å². The van der Waals surface area contributed by atoms with Gasteiger partial charge >= 0.3 is 30.0 Å². The normalized spacial score (nSPS) is 34.6. The average molecular weight is 1010 g/mol. The van der Waals surface area contributed by atoms with Gasteiger partial charge in [0, 0.05) is 38.5 Å². The molecule has 3 bridgehead atoms. The van der Waals surface area contributed by atoms with Gasteiger partial charge in [-0.05, 0) is 101 Å². The second-order valence-corrected chi connectivity index (χ2v) is 31.3. The number of hydrogen-bond acceptors (Lipinski definition) is 15. The number of allylic oxidation sites excluding steroid dienone is 2. The van der Waals surface area contributed by atoms with E-state index in [2.05, 4.69) is 26.1 Å². The fourth-order valence-corrected chi connectivity index (χ4v) is 17.9. The highest BCUT2D eigenvalue weighted by atomic mass is 28.4. The van der Waals surface area contributed by atoms with Crippen LogP contribution in [0.3, 0.4) is 0 Å². The summed E-state index contributed by atoms with van der Waals surface area (Å²) in [4.78, 5) is 86.6. The summed E-state index contributed by atoms with van der Waals surface area (Å²) in [5, 5.41) is 17.1. The van der Waals surface area contributed by atoms with Gasteiger partial charge in [-0.25, -0.2) is 9.59 Å². The molecule has 0 radical (unpaired) electrons. The minimum atomic E-state index is -2.65. The van der Waals surface area contributed by atoms with Crippen LogP contribution in [0.25, 0.3) is 0 Å². The van der Waals surface area contributed by atoms with Crippen LogP contribution in [0.5, 0.6) is 0 Å². The van der Waals surface area contributed by atoms with Crippen molar-refractivity contribution >= 4 is 52.4 Å². The molecular formula is C51H83NO15Si2. The molecule has 390 valence electrons. The number of hydrogen-bond donors (Lipinski definition) is 2. The Balaban J connectivity index is 1.86. The van der Waals surface area contributed by atoms with Gasteiger partial charge in [0.2, 0.25) is 0 Å². The first-order valence-corrected chi connectivity index (χ1v) is 30.6. The number of esters is 4. The number of Topliss-reactive ketones (excluding diaryl/α,β-unsaturated/α-hetero) is 1. The van der Waals surface area contributed by atoms with Gasteiger partial charge in [-0.1, -0.05) is 67.5 Å². The predicted molar refractivity (Wildman–Crippen MR) is 262 cm³/mol. The molecule has 1 saturated heterocycles. The Morgan fingerprint density at radius 3 is 1.96 bits per heavy atom. The lowest BCUT2D eigenvalue weighted by Gasteiger charge is -2.68. The SMILES string of the molecule is CC[Si](CC)(CC)O[C@H]1C[C@H]2OC[C@@]2(OC(C)=O)[C@H]2[C@@H]3OC(=O)CC/C=C/CC[C@H](NC(=O)OC(C)(C)C)[C@@H](O[Si](CC)(CC)CC)C(=O)O[C@H]4C[C@]3(O)C(C)(C)C(=C4C)[C@@H](OC(C)=O)C(=O)[C@]12C. The van der Waals surface area contributed by atoms with Crippen molar-refractivity contribution in [3.63, 3.8) is 0 Å². The summed E-state index contributed by atoms with van der Waals surface area (Å²) in [6, 6.07) is 3.21. The van der Waals surface area contributed by atoms with Crippen molar-refractivity contribution in [2.75, 3.05) is 6.61 Å². The first kappa shape index (κ1) is 56.5. The van der Waals surface area contributed by atoms with Gasteiger partial charge in [0.15, 0.2) is 40.2 Å². The molecule has 3 aliphatic carbocycles. The molecule has 2 aliphatic heterocycles. The van der Waals surface area contributed by atoms with Crippen LogP contribution >= 0.6 is 0 Å². The van der Waals surface area contributed by atoms with Gasteiger partial charge in [0.25, 0.3) is 0 Å². The van der Waals surface area contributed by atoms with Crippen molar-refractivity contribution in [1.29, 1.82) is 0 Å². The van der Waals surface area contributed by atoms with Crippen LogP contribution in [-0.2, 0) is 61.2 Å². The van der Waals surface area contributed by atoms with Gasteiger partial charge < -0.3 is 47.7 Å². The average Bonchev–Trinajstić information content (AvgIpc) is 3.26. The van der Waals surface area contributed by atoms with E-state index in [-0.39, 0.29) is 44.3 Å². The van der Waals surface area contributed by atoms with Crippen LogP contribution in [-0.4, -0.2) is 124 Å². The number of amides is 1. The van der Waals surface area contributed by atoms with Gasteiger partial charge in [-0.15, -0.1) is 0 Å². The van der Waals surface area contributed by atoms with E-state index in [4.69, 9.17) is 37.3 Å². The van der Waals surface area contributed by atoms with Crippen LogP contribution < -0.4 is 5.32 Å². The second kappa shape index (κ2) is 21.3. The number of carbonyl (C=O) groups excluding carboxylic acids is 6. The van der Waals surface area contributed by atoms with E-state index in [0.29, 0.717) is 30.1 Å². The molecule has 0 aromatic rings. The van der Waals surface area contributed by atoms with E-state index in [9.17, 15) is 24.3 Å². The number of ketones is 1. The minimum Gasteiger partial charge on any atom is -0.459 e. The highest BCUT2D eigenvalue weighted by Crippen LogP contribution is 2.65. The zero-order valence-electron chi connectivity index (χ0n) is 44.1. The molecule has 18 heteroatoms. The van der Waals surface area contributed by atoms with Crippen molar-refractivity contribution in [3.05, 3.63) is 23.3 Å². The summed E-state index contributed by atoms with van der Waals surface area (Å²) in [7, 11) is -5.25. The van der Waals surface area contributed by atoms with Crippen LogP contribution in [0.2, 0.25) is 36.3 Å². The van der Waals surface area contributed by atoms with Crippen molar-refractivity contribution < 1.29 is 71.1 Å². The molecule has 69 heavy (non-hydrogen) atoms. The van der Waals surface area contributed by atoms with Gasteiger partial charge in [-0.2, -0.15) is 0 Å². The second-order valence-electron chi connectivity index (χ2n) is 21.9. The van der Waals surface area contributed by atoms with Crippen LogP contribution in [0.4, 0.5) is 4.79 Å². The van der Waals surface area contributed by atoms with Crippen LogP contribution in [0, 0.1) is 16.7 Å². The largest absolute Gasteiger partial charge is 0.459 e. The molecule has 1 amide bonds. The molecule has 0 aromatic heterocycles. The lowest BCUT2D eigenvalue weighted by atomic mass is 9.44. The Hall–Kier alpha value is -3.43. The number of alkyl carbamates (subject to hydrolysis) is 1. The number of rotatable bonds is 13. The molecule has 2 N–H and O–H groups in total. The maximum absolute atomic E-state index is 16.4. The maximum Gasteiger partial charge on any atom is 0.407 e. The van der Waals surface area contributed by atoms with E-state index < -0.39 is 129 Å². The molecule has 0 spiro atoms. The fraction of sp³-hybridized carbons (Fsp3) is 0.804. The molecular weight excluding hydrogens is 923 g/mol. The van der Waals surface area contributed by atoms with Crippen molar-refractivity contribution in [1.82, 2.24) is 5.32 Å². The van der Waals surface area contributed by atoms with Crippen molar-refractivity contribution in [2.24, 2.45) is 16.7 Å². The van der Waals surface area contributed by atoms with Crippen LogP contribution in [0.1, 0.15) is 142 Å². The third-order valence-corrected chi connectivity index (χ3v) is 26.0. The Morgan fingerprint density at radius 1 is 0.855 bits per heavy atom. The monoisotopic (exact) mass is 1010 g/mol. The molecule has 0 unspecified atom stereocenters. The molecule has 3 fully saturated rings. The third kappa shape index (κ3) is 10.7. The molecule has 0 aromatic carbocycles. The van der Waals surface area contributed by atoms with Crippen molar-refractivity contribution in [3.8, 4) is 0 Å². The molecule has 2 saturated carbocycles. The first-order chi connectivity index (χ1) is 32.1. The highest BCUT2D eigenvalue weighted by Gasteiger charge is 2.79. The smallest absolute Gasteiger partial charge is 0.407 e. The quantitative estimate of drug-likeness (QED) is 0.0769. The van der Waals surface area contributed by atoms with E-state index in [1.807, 2.05) is 32.9 Å². The van der Waals surface area contributed by atoms with E-state index in [1.54, 1.807) is 48.5 Å². The Bertz CT molecular complexity index is 1990. The molecule has 11 atom stereocenters. The highest BCUT2D eigenvalue weighted by molar-refractivity contribution is 6.74. The zero-order valence-corrected chi connectivity index (χ0v) is 46.1. The number of nitrogens with one attached hydrogen (secondary N) is 1. The fourth-order valence-electron chi connectivity index (χ4n) is 12.2. The summed E-state index contributed by atoms with van der Waals surface area (Å²) in [5.41, 5.74) is -7.50. The summed E-state index contributed by atoms with van der Waals surface area (Å²) in [6.45, 7) is 26.5. The van der Waals surface area contributed by atoms with Gasteiger partial charge in [0.05, 0.1) is 30.1 Å². The lowest BCUT2D eigenvalue weighted by Crippen LogP contribution is -2.82. The maximum atomic E-state index is 16.4. The third-order valence-electron chi connectivity index (χ3n) is 16.7. The lowest BCUT2D eigenvalue weighted by molar-refractivity contribution is -0.346. The summed E-state index contributed by atoms with van der Waals surface area (Å²) in [6.07, 6.45) is -4.32. The molecule has 2 heterocycles. The van der Waals surface area contributed by atoms with E-state index in [1.165, 1.54) is 13.8 Å². The molecule has 16 nitrogen and oxygen atoms in total. The van der Waals surface area contributed by atoms with Crippen molar-refractivity contribution in [2.45, 2.75) is 238 Å².